The summed E-state index contributed by atoms with van der Waals surface area (Å²) < 4.78 is 0. The quantitative estimate of drug-likeness (QED) is 0.814. The van der Waals surface area contributed by atoms with Crippen LogP contribution in [0, 0.1) is 0 Å². The van der Waals surface area contributed by atoms with E-state index in [1.807, 2.05) is 6.07 Å². The van der Waals surface area contributed by atoms with Crippen LogP contribution >= 0.6 is 12.4 Å². The van der Waals surface area contributed by atoms with Gasteiger partial charge in [-0.3, -0.25) is 9.78 Å². The minimum atomic E-state index is -0.421. The molecule has 1 aliphatic heterocycles. The van der Waals surface area contributed by atoms with Crippen molar-refractivity contribution in [1.82, 2.24) is 10.3 Å². The van der Waals surface area contributed by atoms with Crippen molar-refractivity contribution in [3.8, 4) is 0 Å². The average Bonchev–Trinajstić information content (AvgIpc) is 2.30. The van der Waals surface area contributed by atoms with Gasteiger partial charge in [0.1, 0.15) is 0 Å². The Balaban J connectivity index is 0.00000128. The van der Waals surface area contributed by atoms with E-state index < -0.39 is 5.91 Å². The topological polar surface area (TPSA) is 68.0 Å². The van der Waals surface area contributed by atoms with Crippen molar-refractivity contribution >= 4 is 18.3 Å². The Morgan fingerprint density at radius 3 is 2.81 bits per heavy atom. The van der Waals surface area contributed by atoms with Gasteiger partial charge in [-0.15, -0.1) is 12.4 Å². The van der Waals surface area contributed by atoms with Gasteiger partial charge in [-0.25, -0.2) is 0 Å². The van der Waals surface area contributed by atoms with E-state index in [9.17, 15) is 4.79 Å². The number of halogens is 1. The van der Waals surface area contributed by atoms with Crippen LogP contribution in [-0.2, 0) is 0 Å². The molecule has 1 saturated heterocycles. The largest absolute Gasteiger partial charge is 0.366 e. The van der Waals surface area contributed by atoms with Crippen LogP contribution in [0.4, 0.5) is 0 Å². The molecular weight excluding hydrogens is 226 g/mol. The van der Waals surface area contributed by atoms with E-state index in [-0.39, 0.29) is 12.4 Å². The number of hydrogen-bond donors (Lipinski definition) is 2. The summed E-state index contributed by atoms with van der Waals surface area (Å²) in [5, 5.41) is 3.34. The predicted molar refractivity (Wildman–Crippen MR) is 64.8 cm³/mol. The van der Waals surface area contributed by atoms with Crippen LogP contribution in [0.5, 0.6) is 0 Å². The second-order valence-electron chi connectivity index (χ2n) is 3.88. The van der Waals surface area contributed by atoms with Gasteiger partial charge in [0.05, 0.1) is 5.56 Å². The lowest BCUT2D eigenvalue weighted by Crippen LogP contribution is -2.28. The molecule has 5 heteroatoms. The molecule has 1 aromatic rings. The zero-order valence-electron chi connectivity index (χ0n) is 8.98. The van der Waals surface area contributed by atoms with Gasteiger partial charge >= 0.3 is 0 Å². The van der Waals surface area contributed by atoms with E-state index in [2.05, 4.69) is 10.3 Å². The van der Waals surface area contributed by atoms with Crippen LogP contribution in [-0.4, -0.2) is 24.0 Å². The zero-order valence-corrected chi connectivity index (χ0v) is 9.80. The van der Waals surface area contributed by atoms with Gasteiger partial charge in [0.2, 0.25) is 5.91 Å². The van der Waals surface area contributed by atoms with Gasteiger partial charge in [-0.1, -0.05) is 0 Å². The Morgan fingerprint density at radius 1 is 1.50 bits per heavy atom. The summed E-state index contributed by atoms with van der Waals surface area (Å²) in [5.74, 6) is 0.0523. The smallest absolute Gasteiger partial charge is 0.250 e. The van der Waals surface area contributed by atoms with Crippen LogP contribution in [0.15, 0.2) is 18.3 Å². The molecular formula is C11H16ClN3O. The molecule has 3 N–H and O–H groups in total. The molecule has 2 rings (SSSR count). The summed E-state index contributed by atoms with van der Waals surface area (Å²) in [6.45, 7) is 2.07. The first-order valence-corrected chi connectivity index (χ1v) is 5.24. The predicted octanol–water partition coefficient (Wildman–Crippen LogP) is 1.07. The molecule has 2 heterocycles. The maximum atomic E-state index is 10.9. The fourth-order valence-corrected chi connectivity index (χ4v) is 1.90. The van der Waals surface area contributed by atoms with E-state index in [1.165, 1.54) is 6.42 Å². The van der Waals surface area contributed by atoms with Gasteiger partial charge in [0.25, 0.3) is 0 Å². The highest BCUT2D eigenvalue weighted by Gasteiger charge is 2.16. The van der Waals surface area contributed by atoms with E-state index in [0.717, 1.165) is 25.2 Å². The van der Waals surface area contributed by atoms with Gasteiger partial charge in [-0.2, -0.15) is 0 Å². The molecule has 0 bridgehead atoms. The maximum absolute atomic E-state index is 10.9. The van der Waals surface area contributed by atoms with Gasteiger partial charge in [-0.05, 0) is 31.5 Å². The van der Waals surface area contributed by atoms with Crippen molar-refractivity contribution < 1.29 is 4.79 Å². The number of nitrogens with zero attached hydrogens (tertiary/aromatic N) is 1. The second-order valence-corrected chi connectivity index (χ2v) is 3.88. The van der Waals surface area contributed by atoms with Crippen LogP contribution in [0.2, 0.25) is 0 Å². The average molecular weight is 242 g/mol. The Bertz CT molecular complexity index is 347. The van der Waals surface area contributed by atoms with Crippen molar-refractivity contribution in [3.05, 3.63) is 29.6 Å². The molecule has 1 atom stereocenters. The number of rotatable bonds is 2. The molecule has 0 spiro atoms. The summed E-state index contributed by atoms with van der Waals surface area (Å²) in [7, 11) is 0. The number of pyridine rings is 1. The van der Waals surface area contributed by atoms with Crippen molar-refractivity contribution in [2.75, 3.05) is 13.1 Å². The molecule has 1 fully saturated rings. The van der Waals surface area contributed by atoms with Crippen molar-refractivity contribution in [2.24, 2.45) is 5.73 Å². The SMILES string of the molecule is Cl.NC(=O)c1ccc(C2CCCNC2)nc1. The molecule has 0 aliphatic carbocycles. The third kappa shape index (κ3) is 2.93. The molecule has 1 aromatic heterocycles. The number of carbonyl (C=O) groups is 1. The molecule has 0 aromatic carbocycles. The summed E-state index contributed by atoms with van der Waals surface area (Å²) in [5.41, 5.74) is 6.67. The Morgan fingerprint density at radius 2 is 2.31 bits per heavy atom. The maximum Gasteiger partial charge on any atom is 0.250 e. The Kier molecular flexibility index (Phi) is 4.71. The third-order valence-electron chi connectivity index (χ3n) is 2.79. The van der Waals surface area contributed by atoms with Crippen LogP contribution in [0.1, 0.15) is 34.8 Å². The monoisotopic (exact) mass is 241 g/mol. The first-order chi connectivity index (χ1) is 7.27. The van der Waals surface area contributed by atoms with E-state index in [1.54, 1.807) is 12.3 Å². The third-order valence-corrected chi connectivity index (χ3v) is 2.79. The number of amides is 1. The fourth-order valence-electron chi connectivity index (χ4n) is 1.90. The summed E-state index contributed by atoms with van der Waals surface area (Å²) in [6.07, 6.45) is 3.91. The lowest BCUT2D eigenvalue weighted by Gasteiger charge is -2.22. The Labute approximate surface area is 101 Å². The van der Waals surface area contributed by atoms with Crippen LogP contribution in [0.3, 0.4) is 0 Å². The fraction of sp³-hybridized carbons (Fsp3) is 0.455. The second kappa shape index (κ2) is 5.82. The number of nitrogens with one attached hydrogen (secondary N) is 1. The standard InChI is InChI=1S/C11H15N3O.ClH/c12-11(15)9-3-4-10(14-7-9)8-2-1-5-13-6-8;/h3-4,7-8,13H,1-2,5-6H2,(H2,12,15);1H. The van der Waals surface area contributed by atoms with Crippen molar-refractivity contribution in [3.63, 3.8) is 0 Å². The molecule has 1 amide bonds. The summed E-state index contributed by atoms with van der Waals surface area (Å²) >= 11 is 0. The molecule has 0 radical (unpaired) electrons. The van der Waals surface area contributed by atoms with Crippen LogP contribution in [0.25, 0.3) is 0 Å². The summed E-state index contributed by atoms with van der Waals surface area (Å²) in [4.78, 5) is 15.1. The number of hydrogen-bond acceptors (Lipinski definition) is 3. The van der Waals surface area contributed by atoms with Gasteiger partial charge < -0.3 is 11.1 Å². The first-order valence-electron chi connectivity index (χ1n) is 5.24. The van der Waals surface area contributed by atoms with Crippen molar-refractivity contribution in [2.45, 2.75) is 18.8 Å². The molecule has 0 saturated carbocycles. The minimum Gasteiger partial charge on any atom is -0.366 e. The number of primary amides is 1. The van der Waals surface area contributed by atoms with E-state index in [0.29, 0.717) is 11.5 Å². The first kappa shape index (κ1) is 12.9. The lowest BCUT2D eigenvalue weighted by molar-refractivity contribution is 0.1000. The van der Waals surface area contributed by atoms with Crippen LogP contribution < -0.4 is 11.1 Å². The van der Waals surface area contributed by atoms with E-state index >= 15 is 0 Å². The highest BCUT2D eigenvalue weighted by atomic mass is 35.5. The number of aromatic nitrogens is 1. The van der Waals surface area contributed by atoms with E-state index in [4.69, 9.17) is 5.73 Å². The number of piperidine rings is 1. The van der Waals surface area contributed by atoms with Crippen molar-refractivity contribution in [1.29, 1.82) is 0 Å². The summed E-state index contributed by atoms with van der Waals surface area (Å²) in [6, 6.07) is 3.65. The highest BCUT2D eigenvalue weighted by Crippen LogP contribution is 2.21. The zero-order chi connectivity index (χ0) is 10.7. The van der Waals surface area contributed by atoms with Gasteiger partial charge in [0.15, 0.2) is 0 Å². The normalized spacial score (nSPS) is 19.9. The molecule has 88 valence electrons. The lowest BCUT2D eigenvalue weighted by atomic mass is 9.95. The molecule has 1 aliphatic rings. The number of carbonyl (C=O) groups excluding carboxylic acids is 1. The minimum absolute atomic E-state index is 0. The molecule has 1 unspecified atom stereocenters. The Hall–Kier alpha value is -1.13. The molecule has 16 heavy (non-hydrogen) atoms. The highest BCUT2D eigenvalue weighted by molar-refractivity contribution is 5.92. The molecule has 4 nitrogen and oxygen atoms in total. The number of nitrogens with two attached hydrogens (primary N) is 1. The van der Waals surface area contributed by atoms with Gasteiger partial charge in [0, 0.05) is 24.4 Å².